The van der Waals surface area contributed by atoms with Gasteiger partial charge in [0.2, 0.25) is 0 Å². The number of carboxylic acid groups (broad SMARTS) is 1. The Balaban J connectivity index is 1.77. The van der Waals surface area contributed by atoms with E-state index in [0.717, 1.165) is 24.2 Å². The number of carboxylic acids is 1. The molecule has 1 fully saturated rings. The lowest BCUT2D eigenvalue weighted by molar-refractivity contribution is -0.137. The number of amides is 1. The number of thioether (sulfide) groups is 1. The van der Waals surface area contributed by atoms with Crippen molar-refractivity contribution < 1.29 is 19.8 Å². The molecule has 27 heavy (non-hydrogen) atoms. The molecule has 1 unspecified atom stereocenters. The first-order valence-electron chi connectivity index (χ1n) is 9.58. The van der Waals surface area contributed by atoms with E-state index < -0.39 is 12.1 Å². The van der Waals surface area contributed by atoms with E-state index in [-0.39, 0.29) is 17.7 Å². The molecule has 0 aliphatic carbocycles. The van der Waals surface area contributed by atoms with Crippen LogP contribution in [0.1, 0.15) is 44.1 Å². The van der Waals surface area contributed by atoms with Crippen LogP contribution in [0.2, 0.25) is 0 Å². The largest absolute Gasteiger partial charge is 0.481 e. The molecule has 2 atom stereocenters. The maximum atomic E-state index is 12.3. The third kappa shape index (κ3) is 8.18. The number of benzene rings is 1. The first-order chi connectivity index (χ1) is 13.1. The second kappa shape index (κ2) is 11.8. The summed E-state index contributed by atoms with van der Waals surface area (Å²) >= 11 is 1.35. The van der Waals surface area contributed by atoms with Gasteiger partial charge in [-0.3, -0.25) is 9.59 Å². The molecule has 148 valence electrons. The highest BCUT2D eigenvalue weighted by molar-refractivity contribution is 8.13. The number of rotatable bonds is 11. The molecule has 1 aromatic rings. The molecular formula is C21H29NO4S. The van der Waals surface area contributed by atoms with Gasteiger partial charge in [0, 0.05) is 24.8 Å². The number of unbranched alkanes of at least 4 members (excludes halogenated alkanes) is 1. The van der Waals surface area contributed by atoms with E-state index >= 15 is 0 Å². The average Bonchev–Trinajstić information content (AvgIpc) is 2.65. The molecule has 0 bridgehead atoms. The number of allylic oxidation sites excluding steroid dienone is 1. The van der Waals surface area contributed by atoms with Gasteiger partial charge in [0.15, 0.2) is 0 Å². The Morgan fingerprint density at radius 2 is 2.07 bits per heavy atom. The molecular weight excluding hydrogens is 362 g/mol. The molecule has 0 radical (unpaired) electrons. The van der Waals surface area contributed by atoms with Crippen molar-refractivity contribution in [1.29, 1.82) is 0 Å². The van der Waals surface area contributed by atoms with Gasteiger partial charge in [0.25, 0.3) is 5.24 Å². The minimum Gasteiger partial charge on any atom is -0.481 e. The number of carbonyl (C=O) groups excluding carboxylic acids is 1. The highest BCUT2D eigenvalue weighted by Gasteiger charge is 2.28. The van der Waals surface area contributed by atoms with Crippen LogP contribution in [-0.4, -0.2) is 50.8 Å². The summed E-state index contributed by atoms with van der Waals surface area (Å²) in [6.07, 6.45) is 8.07. The van der Waals surface area contributed by atoms with E-state index in [4.69, 9.17) is 5.11 Å². The molecule has 0 saturated carbocycles. The smallest absolute Gasteiger partial charge is 0.303 e. The van der Waals surface area contributed by atoms with Crippen molar-refractivity contribution in [2.45, 2.75) is 57.1 Å². The summed E-state index contributed by atoms with van der Waals surface area (Å²) in [6.45, 7) is 0.554. The van der Waals surface area contributed by atoms with Crippen LogP contribution in [-0.2, 0) is 11.2 Å². The normalized spacial score (nSPS) is 18.8. The van der Waals surface area contributed by atoms with Crippen molar-refractivity contribution in [2.75, 3.05) is 12.3 Å². The van der Waals surface area contributed by atoms with Crippen LogP contribution in [0.4, 0.5) is 4.79 Å². The molecule has 0 aromatic heterocycles. The number of aliphatic hydroxyl groups excluding tert-OH is 1. The fraction of sp³-hybridized carbons (Fsp3) is 0.524. The predicted molar refractivity (Wildman–Crippen MR) is 109 cm³/mol. The lowest BCUT2D eigenvalue weighted by Crippen LogP contribution is -2.42. The summed E-state index contributed by atoms with van der Waals surface area (Å²) in [5.41, 5.74) is 1.13. The van der Waals surface area contributed by atoms with Gasteiger partial charge in [-0.05, 0) is 44.1 Å². The third-order valence-corrected chi connectivity index (χ3v) is 5.65. The number of aliphatic carboxylic acids is 1. The maximum absolute atomic E-state index is 12.3. The molecule has 1 heterocycles. The average molecular weight is 392 g/mol. The quantitative estimate of drug-likeness (QED) is 0.438. The van der Waals surface area contributed by atoms with Crippen molar-refractivity contribution in [3.05, 3.63) is 48.0 Å². The van der Waals surface area contributed by atoms with Gasteiger partial charge in [-0.25, -0.2) is 0 Å². The van der Waals surface area contributed by atoms with E-state index in [1.807, 2.05) is 47.4 Å². The van der Waals surface area contributed by atoms with Gasteiger partial charge in [-0.15, -0.1) is 0 Å². The Bertz CT molecular complexity index is 620. The Labute approximate surface area is 165 Å². The highest BCUT2D eigenvalue weighted by Crippen LogP contribution is 2.26. The molecule has 5 nitrogen and oxygen atoms in total. The van der Waals surface area contributed by atoms with Crippen LogP contribution in [0, 0.1) is 0 Å². The molecule has 2 N–H and O–H groups in total. The van der Waals surface area contributed by atoms with Gasteiger partial charge in [0.05, 0.1) is 6.10 Å². The van der Waals surface area contributed by atoms with Crippen molar-refractivity contribution >= 4 is 23.0 Å². The van der Waals surface area contributed by atoms with Gasteiger partial charge < -0.3 is 15.1 Å². The predicted octanol–water partition coefficient (Wildman–Crippen LogP) is 4.11. The molecule has 1 aromatic carbocycles. The van der Waals surface area contributed by atoms with Gasteiger partial charge >= 0.3 is 5.97 Å². The van der Waals surface area contributed by atoms with Crippen LogP contribution in [0.25, 0.3) is 0 Å². The maximum Gasteiger partial charge on any atom is 0.303 e. The fourth-order valence-electron chi connectivity index (χ4n) is 3.24. The van der Waals surface area contributed by atoms with Crippen LogP contribution in [0.3, 0.4) is 0 Å². The SMILES string of the molecule is O=C(O)CCCC=CCN1C(=O)SCC[C@@H]1CCC(O)Cc1ccccc1. The highest BCUT2D eigenvalue weighted by atomic mass is 32.2. The van der Waals surface area contributed by atoms with E-state index in [9.17, 15) is 14.7 Å². The van der Waals surface area contributed by atoms with E-state index in [1.165, 1.54) is 11.8 Å². The Morgan fingerprint density at radius 3 is 2.81 bits per heavy atom. The van der Waals surface area contributed by atoms with Crippen LogP contribution in [0.15, 0.2) is 42.5 Å². The minimum atomic E-state index is -0.778. The van der Waals surface area contributed by atoms with Crippen molar-refractivity contribution in [1.82, 2.24) is 4.90 Å². The number of nitrogens with zero attached hydrogens (tertiary/aromatic N) is 1. The Hall–Kier alpha value is -1.79. The zero-order valence-electron chi connectivity index (χ0n) is 15.6. The number of carbonyl (C=O) groups is 2. The molecule has 2 rings (SSSR count). The summed E-state index contributed by atoms with van der Waals surface area (Å²) in [6, 6.07) is 10.1. The molecule has 1 aliphatic heterocycles. The Morgan fingerprint density at radius 1 is 1.30 bits per heavy atom. The lowest BCUT2D eigenvalue weighted by atomic mass is 9.99. The van der Waals surface area contributed by atoms with Crippen molar-refractivity contribution in [3.63, 3.8) is 0 Å². The summed E-state index contributed by atoms with van der Waals surface area (Å²) in [5, 5.41) is 19.1. The van der Waals surface area contributed by atoms with Crippen LogP contribution >= 0.6 is 11.8 Å². The molecule has 0 spiro atoms. The summed E-state index contributed by atoms with van der Waals surface area (Å²) in [5.74, 6) is 0.0528. The standard InChI is InChI=1S/C21H29NO4S/c23-19(16-17-8-4-3-5-9-17)12-11-18-13-15-27-21(26)22(18)14-7-2-1-6-10-20(24)25/h2-5,7-9,18-19,23H,1,6,10-16H2,(H,24,25)/t18-,19?/m0/s1. The van der Waals surface area contributed by atoms with E-state index in [2.05, 4.69) is 0 Å². The van der Waals surface area contributed by atoms with Gasteiger partial charge in [0.1, 0.15) is 0 Å². The zero-order chi connectivity index (χ0) is 19.5. The van der Waals surface area contributed by atoms with Gasteiger partial charge in [-0.2, -0.15) is 0 Å². The fourth-order valence-corrected chi connectivity index (χ4v) is 4.20. The van der Waals surface area contributed by atoms with Crippen LogP contribution < -0.4 is 0 Å². The molecule has 1 amide bonds. The monoisotopic (exact) mass is 391 g/mol. The van der Waals surface area contributed by atoms with E-state index in [1.54, 1.807) is 0 Å². The lowest BCUT2D eigenvalue weighted by Gasteiger charge is -2.35. The number of hydrogen-bond acceptors (Lipinski definition) is 4. The first-order valence-corrected chi connectivity index (χ1v) is 10.6. The second-order valence-corrected chi connectivity index (χ2v) is 7.93. The summed E-state index contributed by atoms with van der Waals surface area (Å²) < 4.78 is 0. The number of hydrogen-bond donors (Lipinski definition) is 2. The molecule has 1 aliphatic rings. The second-order valence-electron chi connectivity index (χ2n) is 6.89. The van der Waals surface area contributed by atoms with Crippen molar-refractivity contribution in [2.24, 2.45) is 0 Å². The summed E-state index contributed by atoms with van der Waals surface area (Å²) in [4.78, 5) is 24.7. The van der Waals surface area contributed by atoms with Crippen molar-refractivity contribution in [3.8, 4) is 0 Å². The molecule has 1 saturated heterocycles. The third-order valence-electron chi connectivity index (χ3n) is 4.73. The number of aliphatic hydroxyl groups is 1. The first kappa shape index (κ1) is 21.5. The molecule has 6 heteroatoms. The zero-order valence-corrected chi connectivity index (χ0v) is 16.4. The minimum absolute atomic E-state index is 0.0963. The topological polar surface area (TPSA) is 77.8 Å². The van der Waals surface area contributed by atoms with E-state index in [0.29, 0.717) is 32.2 Å². The Kier molecular flexibility index (Phi) is 9.42. The summed E-state index contributed by atoms with van der Waals surface area (Å²) in [7, 11) is 0. The van der Waals surface area contributed by atoms with Crippen LogP contribution in [0.5, 0.6) is 0 Å². The van der Waals surface area contributed by atoms with Gasteiger partial charge in [-0.1, -0.05) is 54.2 Å².